The van der Waals surface area contributed by atoms with Gasteiger partial charge in [0, 0.05) is 25.8 Å². The van der Waals surface area contributed by atoms with E-state index in [0.717, 1.165) is 41.7 Å². The van der Waals surface area contributed by atoms with Gasteiger partial charge < -0.3 is 15.1 Å². The standard InChI is InChI=1S/C18H24N6OS.HI/c1-13-10-14(2)24(23-13)8-5-7-20-18(19-3)21-11-15-12-25-17(22-15)16-6-4-9-26-16;/h4,6,9-10,12H,5,7-8,11H2,1-3H3,(H2,19,20,21);1H. The largest absolute Gasteiger partial charge is 0.443 e. The van der Waals surface area contributed by atoms with Crippen LogP contribution in [0.2, 0.25) is 0 Å². The molecule has 0 aromatic carbocycles. The Kier molecular flexibility index (Phi) is 8.29. The Morgan fingerprint density at radius 1 is 1.33 bits per heavy atom. The zero-order valence-corrected chi connectivity index (χ0v) is 18.9. The van der Waals surface area contributed by atoms with E-state index in [1.165, 1.54) is 5.69 Å². The Bertz CT molecular complexity index is 855. The van der Waals surface area contributed by atoms with E-state index >= 15 is 0 Å². The lowest BCUT2D eigenvalue weighted by molar-refractivity contribution is 0.555. The number of hydrogen-bond donors (Lipinski definition) is 2. The van der Waals surface area contributed by atoms with Gasteiger partial charge in [0.05, 0.1) is 22.8 Å². The Balaban J connectivity index is 0.00000261. The summed E-state index contributed by atoms with van der Waals surface area (Å²) in [6.07, 6.45) is 2.65. The van der Waals surface area contributed by atoms with Crippen LogP contribution in [0.3, 0.4) is 0 Å². The lowest BCUT2D eigenvalue weighted by Gasteiger charge is -2.11. The number of hydrogen-bond acceptors (Lipinski definition) is 5. The topological polar surface area (TPSA) is 80.3 Å². The van der Waals surface area contributed by atoms with Gasteiger partial charge in [-0.15, -0.1) is 35.3 Å². The SMILES string of the molecule is CN=C(NCCCn1nc(C)cc1C)NCc1coc(-c2cccs2)n1.I. The molecule has 0 amide bonds. The molecule has 3 aromatic heterocycles. The quantitative estimate of drug-likeness (QED) is 0.224. The van der Waals surface area contributed by atoms with Gasteiger partial charge in [-0.3, -0.25) is 9.67 Å². The number of aromatic nitrogens is 3. The van der Waals surface area contributed by atoms with Crippen LogP contribution >= 0.6 is 35.3 Å². The highest BCUT2D eigenvalue weighted by Gasteiger charge is 2.08. The van der Waals surface area contributed by atoms with Crippen molar-refractivity contribution in [2.75, 3.05) is 13.6 Å². The van der Waals surface area contributed by atoms with E-state index in [1.807, 2.05) is 29.1 Å². The highest BCUT2D eigenvalue weighted by atomic mass is 127. The van der Waals surface area contributed by atoms with Crippen LogP contribution in [-0.4, -0.2) is 34.3 Å². The predicted molar refractivity (Wildman–Crippen MR) is 120 cm³/mol. The first-order valence-corrected chi connectivity index (χ1v) is 9.47. The number of halogens is 1. The fraction of sp³-hybridized carbons (Fsp3) is 0.389. The molecule has 0 radical (unpaired) electrons. The Hall–Kier alpha value is -1.88. The Morgan fingerprint density at radius 2 is 2.19 bits per heavy atom. The van der Waals surface area contributed by atoms with Crippen LogP contribution in [0.5, 0.6) is 0 Å². The molecule has 3 aromatic rings. The fourth-order valence-electron chi connectivity index (χ4n) is 2.63. The summed E-state index contributed by atoms with van der Waals surface area (Å²) in [5.41, 5.74) is 3.10. The number of guanidine groups is 1. The van der Waals surface area contributed by atoms with Gasteiger partial charge in [-0.05, 0) is 37.8 Å². The van der Waals surface area contributed by atoms with Gasteiger partial charge in [-0.1, -0.05) is 6.07 Å². The van der Waals surface area contributed by atoms with Crippen molar-refractivity contribution in [1.29, 1.82) is 0 Å². The zero-order valence-electron chi connectivity index (χ0n) is 15.7. The van der Waals surface area contributed by atoms with Gasteiger partial charge >= 0.3 is 0 Å². The van der Waals surface area contributed by atoms with Crippen molar-refractivity contribution in [2.45, 2.75) is 33.4 Å². The first-order chi connectivity index (χ1) is 12.7. The molecule has 0 unspecified atom stereocenters. The molecule has 0 atom stereocenters. The minimum Gasteiger partial charge on any atom is -0.443 e. The third-order valence-electron chi connectivity index (χ3n) is 3.89. The molecular weight excluding hydrogens is 475 g/mol. The van der Waals surface area contributed by atoms with Crippen LogP contribution in [0.1, 0.15) is 23.5 Å². The van der Waals surface area contributed by atoms with Crippen LogP contribution < -0.4 is 10.6 Å². The van der Waals surface area contributed by atoms with E-state index < -0.39 is 0 Å². The van der Waals surface area contributed by atoms with E-state index in [4.69, 9.17) is 4.42 Å². The normalized spacial score (nSPS) is 11.3. The molecule has 9 heteroatoms. The molecular formula is C18H25IN6OS. The zero-order chi connectivity index (χ0) is 18.4. The van der Waals surface area contributed by atoms with Crippen molar-refractivity contribution in [3.05, 3.63) is 46.9 Å². The van der Waals surface area contributed by atoms with E-state index in [0.29, 0.717) is 12.4 Å². The molecule has 0 aliphatic rings. The first kappa shape index (κ1) is 21.4. The van der Waals surface area contributed by atoms with Crippen molar-refractivity contribution in [3.63, 3.8) is 0 Å². The average Bonchev–Trinajstić information content (AvgIpc) is 3.35. The molecule has 146 valence electrons. The Morgan fingerprint density at radius 3 is 2.85 bits per heavy atom. The second-order valence-corrected chi connectivity index (χ2v) is 6.93. The predicted octanol–water partition coefficient (Wildman–Crippen LogP) is 3.59. The summed E-state index contributed by atoms with van der Waals surface area (Å²) in [6.45, 7) is 6.36. The number of aliphatic imine (C=N–C) groups is 1. The number of nitrogens with one attached hydrogen (secondary N) is 2. The molecule has 2 N–H and O–H groups in total. The summed E-state index contributed by atoms with van der Waals surface area (Å²) >= 11 is 1.61. The number of rotatable bonds is 7. The minimum atomic E-state index is 0. The second kappa shape index (κ2) is 10.5. The molecule has 0 fully saturated rings. The third kappa shape index (κ3) is 6.06. The third-order valence-corrected chi connectivity index (χ3v) is 4.74. The molecule has 0 bridgehead atoms. The van der Waals surface area contributed by atoms with Gasteiger partial charge in [0.1, 0.15) is 6.26 Å². The van der Waals surface area contributed by atoms with Crippen molar-refractivity contribution >= 4 is 41.3 Å². The van der Waals surface area contributed by atoms with E-state index in [9.17, 15) is 0 Å². The average molecular weight is 500 g/mol. The number of nitrogens with zero attached hydrogens (tertiary/aromatic N) is 4. The van der Waals surface area contributed by atoms with E-state index in [-0.39, 0.29) is 24.0 Å². The summed E-state index contributed by atoms with van der Waals surface area (Å²) in [5, 5.41) is 13.0. The van der Waals surface area contributed by atoms with Gasteiger partial charge in [-0.25, -0.2) is 4.98 Å². The van der Waals surface area contributed by atoms with Crippen molar-refractivity contribution in [2.24, 2.45) is 4.99 Å². The summed E-state index contributed by atoms with van der Waals surface area (Å²) in [5.74, 6) is 1.41. The van der Waals surface area contributed by atoms with Crippen molar-refractivity contribution in [1.82, 2.24) is 25.4 Å². The van der Waals surface area contributed by atoms with Gasteiger partial charge in [0.25, 0.3) is 0 Å². The molecule has 0 aliphatic heterocycles. The molecule has 0 spiro atoms. The lowest BCUT2D eigenvalue weighted by Crippen LogP contribution is -2.37. The first-order valence-electron chi connectivity index (χ1n) is 8.59. The second-order valence-electron chi connectivity index (χ2n) is 5.98. The highest BCUT2D eigenvalue weighted by Crippen LogP contribution is 2.23. The molecule has 27 heavy (non-hydrogen) atoms. The maximum atomic E-state index is 5.52. The number of oxazole rings is 1. The van der Waals surface area contributed by atoms with Crippen LogP contribution in [-0.2, 0) is 13.1 Å². The van der Waals surface area contributed by atoms with Gasteiger partial charge in [-0.2, -0.15) is 5.10 Å². The van der Waals surface area contributed by atoms with Gasteiger partial charge in [0.15, 0.2) is 5.96 Å². The summed E-state index contributed by atoms with van der Waals surface area (Å²) in [4.78, 5) is 9.77. The molecule has 0 aliphatic carbocycles. The molecule has 3 heterocycles. The molecule has 0 saturated heterocycles. The lowest BCUT2D eigenvalue weighted by atomic mass is 10.4. The highest BCUT2D eigenvalue weighted by molar-refractivity contribution is 14.0. The minimum absolute atomic E-state index is 0. The van der Waals surface area contributed by atoms with E-state index in [1.54, 1.807) is 24.6 Å². The smallest absolute Gasteiger partial charge is 0.236 e. The van der Waals surface area contributed by atoms with Crippen LogP contribution in [0.4, 0.5) is 0 Å². The van der Waals surface area contributed by atoms with Crippen molar-refractivity contribution in [3.8, 4) is 10.8 Å². The fourth-order valence-corrected chi connectivity index (χ4v) is 3.29. The maximum absolute atomic E-state index is 5.52. The van der Waals surface area contributed by atoms with Crippen LogP contribution in [0.15, 0.2) is 39.3 Å². The van der Waals surface area contributed by atoms with Crippen LogP contribution in [0, 0.1) is 13.8 Å². The number of aryl methyl sites for hydroxylation is 3. The van der Waals surface area contributed by atoms with Crippen molar-refractivity contribution < 1.29 is 4.42 Å². The summed E-state index contributed by atoms with van der Waals surface area (Å²) in [7, 11) is 1.76. The molecule has 0 saturated carbocycles. The van der Waals surface area contributed by atoms with E-state index in [2.05, 4.69) is 38.7 Å². The van der Waals surface area contributed by atoms with Crippen LogP contribution in [0.25, 0.3) is 10.8 Å². The molecule has 3 rings (SSSR count). The maximum Gasteiger partial charge on any atom is 0.236 e. The molecule has 7 nitrogen and oxygen atoms in total. The monoisotopic (exact) mass is 500 g/mol. The summed E-state index contributed by atoms with van der Waals surface area (Å²) in [6, 6.07) is 6.08. The summed E-state index contributed by atoms with van der Waals surface area (Å²) < 4.78 is 7.56. The Labute approximate surface area is 180 Å². The van der Waals surface area contributed by atoms with Gasteiger partial charge in [0.2, 0.25) is 5.89 Å². The number of thiophene rings is 1.